The molecule has 0 saturated heterocycles. The van der Waals surface area contributed by atoms with Crippen molar-refractivity contribution in [3.05, 3.63) is 16.0 Å². The molecule has 1 atom stereocenters. The first-order chi connectivity index (χ1) is 7.63. The van der Waals surface area contributed by atoms with Gasteiger partial charge in [-0.15, -0.1) is 0 Å². The lowest BCUT2D eigenvalue weighted by molar-refractivity contribution is 0.111. The van der Waals surface area contributed by atoms with E-state index >= 15 is 0 Å². The van der Waals surface area contributed by atoms with Gasteiger partial charge in [0.2, 0.25) is 0 Å². The van der Waals surface area contributed by atoms with Crippen molar-refractivity contribution in [1.82, 2.24) is 9.97 Å². The van der Waals surface area contributed by atoms with Crippen molar-refractivity contribution in [2.45, 2.75) is 19.6 Å². The number of halogens is 1. The molecule has 90 valence electrons. The van der Waals surface area contributed by atoms with Crippen molar-refractivity contribution in [1.29, 1.82) is 0 Å². The van der Waals surface area contributed by atoms with Gasteiger partial charge in [0, 0.05) is 21.3 Å². The van der Waals surface area contributed by atoms with Crippen LogP contribution in [0.15, 0.2) is 4.47 Å². The van der Waals surface area contributed by atoms with Gasteiger partial charge in [0.1, 0.15) is 11.9 Å². The first-order valence-corrected chi connectivity index (χ1v) is 5.69. The molecule has 1 N–H and O–H groups in total. The first-order valence-electron chi connectivity index (χ1n) is 4.89. The Morgan fingerprint density at radius 2 is 2.06 bits per heavy atom. The van der Waals surface area contributed by atoms with Crippen LogP contribution in [0.4, 0.5) is 5.82 Å². The van der Waals surface area contributed by atoms with E-state index in [-0.39, 0.29) is 6.10 Å². The molecule has 0 spiro atoms. The normalized spacial score (nSPS) is 12.6. The lowest BCUT2D eigenvalue weighted by atomic mass is 10.3. The second-order valence-electron chi connectivity index (χ2n) is 3.25. The van der Waals surface area contributed by atoms with Gasteiger partial charge < -0.3 is 14.8 Å². The highest BCUT2D eigenvalue weighted by atomic mass is 79.9. The quantitative estimate of drug-likeness (QED) is 0.900. The number of anilines is 1. The molecule has 16 heavy (non-hydrogen) atoms. The lowest BCUT2D eigenvalue weighted by Gasteiger charge is -2.13. The minimum Gasteiger partial charge on any atom is -0.378 e. The minimum absolute atomic E-state index is 0.143. The van der Waals surface area contributed by atoms with E-state index in [1.807, 2.05) is 14.0 Å². The molecule has 0 fully saturated rings. The zero-order chi connectivity index (χ0) is 12.1. The Morgan fingerprint density at radius 3 is 2.56 bits per heavy atom. The number of nitrogens with zero attached hydrogens (tertiary/aromatic N) is 2. The molecular formula is C10H16BrN3O2. The number of methoxy groups -OCH3 is 2. The topological polar surface area (TPSA) is 56.3 Å². The van der Waals surface area contributed by atoms with Gasteiger partial charge >= 0.3 is 0 Å². The number of nitrogens with one attached hydrogen (secondary N) is 1. The molecule has 0 aliphatic carbocycles. The van der Waals surface area contributed by atoms with E-state index in [0.29, 0.717) is 12.4 Å². The lowest BCUT2D eigenvalue weighted by Crippen LogP contribution is -2.09. The third kappa shape index (κ3) is 2.90. The molecule has 0 bridgehead atoms. The van der Waals surface area contributed by atoms with Gasteiger partial charge in [-0.3, -0.25) is 0 Å². The van der Waals surface area contributed by atoms with Crippen LogP contribution >= 0.6 is 15.9 Å². The van der Waals surface area contributed by atoms with Crippen LogP contribution in [-0.4, -0.2) is 31.2 Å². The maximum absolute atomic E-state index is 5.20. The van der Waals surface area contributed by atoms with E-state index < -0.39 is 0 Å². The molecule has 6 heteroatoms. The van der Waals surface area contributed by atoms with E-state index in [2.05, 4.69) is 31.2 Å². The van der Waals surface area contributed by atoms with Crippen LogP contribution in [0.2, 0.25) is 0 Å². The fourth-order valence-electron chi connectivity index (χ4n) is 1.20. The summed E-state index contributed by atoms with van der Waals surface area (Å²) in [5.74, 6) is 1.38. The van der Waals surface area contributed by atoms with Crippen LogP contribution < -0.4 is 5.32 Å². The van der Waals surface area contributed by atoms with Gasteiger partial charge in [0.25, 0.3) is 0 Å². The molecule has 0 aliphatic rings. The summed E-state index contributed by atoms with van der Waals surface area (Å²) in [6.45, 7) is 2.33. The summed E-state index contributed by atoms with van der Waals surface area (Å²) in [7, 11) is 5.07. The molecule has 0 aliphatic heterocycles. The van der Waals surface area contributed by atoms with Crippen molar-refractivity contribution in [2.24, 2.45) is 0 Å². The SMILES string of the molecule is CNc1nc(C(C)OC)nc(COC)c1Br. The molecule has 0 radical (unpaired) electrons. The summed E-state index contributed by atoms with van der Waals surface area (Å²) in [6.07, 6.45) is -0.143. The summed E-state index contributed by atoms with van der Waals surface area (Å²) in [6, 6.07) is 0. The Labute approximate surface area is 104 Å². The maximum Gasteiger partial charge on any atom is 0.159 e. The van der Waals surface area contributed by atoms with Crippen molar-refractivity contribution >= 4 is 21.7 Å². The molecular weight excluding hydrogens is 274 g/mol. The van der Waals surface area contributed by atoms with Crippen LogP contribution in [0, 0.1) is 0 Å². The number of hydrogen-bond acceptors (Lipinski definition) is 5. The number of ether oxygens (including phenoxy) is 2. The molecule has 0 saturated carbocycles. The van der Waals surface area contributed by atoms with Gasteiger partial charge in [-0.2, -0.15) is 0 Å². The van der Waals surface area contributed by atoms with Crippen LogP contribution in [0.3, 0.4) is 0 Å². The average Bonchev–Trinajstić information content (AvgIpc) is 2.31. The fourth-order valence-corrected chi connectivity index (χ4v) is 1.69. The van der Waals surface area contributed by atoms with E-state index in [1.54, 1.807) is 14.2 Å². The molecule has 1 aromatic heterocycles. The Kier molecular flexibility index (Phi) is 5.11. The second kappa shape index (κ2) is 6.12. The van der Waals surface area contributed by atoms with Crippen molar-refractivity contribution in [3.8, 4) is 0 Å². The molecule has 1 rings (SSSR count). The molecule has 5 nitrogen and oxygen atoms in total. The first kappa shape index (κ1) is 13.3. The van der Waals surface area contributed by atoms with Crippen molar-refractivity contribution in [2.75, 3.05) is 26.6 Å². The zero-order valence-corrected chi connectivity index (χ0v) is 11.5. The average molecular weight is 290 g/mol. The van der Waals surface area contributed by atoms with Crippen LogP contribution in [0.1, 0.15) is 24.5 Å². The number of rotatable bonds is 5. The standard InChI is InChI=1S/C10H16BrN3O2/c1-6(16-4)9-13-7(5-15-3)8(11)10(12-2)14-9/h6H,5H2,1-4H3,(H,12,13,14). The number of hydrogen-bond donors (Lipinski definition) is 1. The fraction of sp³-hybridized carbons (Fsp3) is 0.600. The highest BCUT2D eigenvalue weighted by molar-refractivity contribution is 9.10. The number of aromatic nitrogens is 2. The summed E-state index contributed by atoms with van der Waals surface area (Å²) >= 11 is 3.44. The van der Waals surface area contributed by atoms with Gasteiger partial charge in [0.15, 0.2) is 5.82 Å². The Hall–Kier alpha value is -0.720. The molecule has 0 amide bonds. The van der Waals surface area contributed by atoms with Gasteiger partial charge in [-0.05, 0) is 22.9 Å². The molecule has 1 unspecified atom stereocenters. The second-order valence-corrected chi connectivity index (χ2v) is 4.05. The highest BCUT2D eigenvalue weighted by Crippen LogP contribution is 2.26. The Morgan fingerprint density at radius 1 is 1.38 bits per heavy atom. The van der Waals surface area contributed by atoms with E-state index in [9.17, 15) is 0 Å². The van der Waals surface area contributed by atoms with Crippen LogP contribution in [0.5, 0.6) is 0 Å². The monoisotopic (exact) mass is 289 g/mol. The molecule has 0 aromatic carbocycles. The van der Waals surface area contributed by atoms with Crippen LogP contribution in [0.25, 0.3) is 0 Å². The maximum atomic E-state index is 5.20. The zero-order valence-electron chi connectivity index (χ0n) is 9.87. The highest BCUT2D eigenvalue weighted by Gasteiger charge is 2.15. The van der Waals surface area contributed by atoms with E-state index in [4.69, 9.17) is 9.47 Å². The third-order valence-corrected chi connectivity index (χ3v) is 3.01. The summed E-state index contributed by atoms with van der Waals surface area (Å²) in [5, 5.41) is 3.00. The summed E-state index contributed by atoms with van der Waals surface area (Å²) in [4.78, 5) is 8.75. The van der Waals surface area contributed by atoms with E-state index in [0.717, 1.165) is 16.0 Å². The Bertz CT molecular complexity index is 360. The summed E-state index contributed by atoms with van der Waals surface area (Å²) < 4.78 is 11.1. The minimum atomic E-state index is -0.143. The van der Waals surface area contributed by atoms with E-state index in [1.165, 1.54) is 0 Å². The van der Waals surface area contributed by atoms with Crippen molar-refractivity contribution < 1.29 is 9.47 Å². The predicted molar refractivity (Wildman–Crippen MR) is 65.4 cm³/mol. The van der Waals surface area contributed by atoms with Crippen molar-refractivity contribution in [3.63, 3.8) is 0 Å². The molecule has 1 heterocycles. The third-order valence-electron chi connectivity index (χ3n) is 2.17. The Balaban J connectivity index is 3.17. The smallest absolute Gasteiger partial charge is 0.159 e. The van der Waals surface area contributed by atoms with Gasteiger partial charge in [-0.1, -0.05) is 0 Å². The molecule has 1 aromatic rings. The van der Waals surface area contributed by atoms with Gasteiger partial charge in [-0.25, -0.2) is 9.97 Å². The summed E-state index contributed by atoms with van der Waals surface area (Å²) in [5.41, 5.74) is 0.806. The largest absolute Gasteiger partial charge is 0.378 e. The van der Waals surface area contributed by atoms with Crippen LogP contribution in [-0.2, 0) is 16.1 Å². The predicted octanol–water partition coefficient (Wildman–Crippen LogP) is 2.13. The van der Waals surface area contributed by atoms with Gasteiger partial charge in [0.05, 0.1) is 16.8 Å².